The largest absolute Gasteiger partial charge is 0.354 e. The number of carbonyl (C=O) groups excluding carboxylic acids is 1. The molecule has 0 atom stereocenters. The average Bonchev–Trinajstić information content (AvgIpc) is 3.45. The van der Waals surface area contributed by atoms with Crippen LogP contribution in [0.4, 0.5) is 0 Å². The van der Waals surface area contributed by atoms with Crippen LogP contribution in [0.1, 0.15) is 9.88 Å². The molecular formula is C25H21N3O2S2. The Labute approximate surface area is 193 Å². The number of fused-ring (bicyclic) bond motifs is 2. The molecule has 160 valence electrons. The summed E-state index contributed by atoms with van der Waals surface area (Å²) in [6.45, 7) is 2.73. The Balaban J connectivity index is 1.31. The number of hydrogen-bond acceptors (Lipinski definition) is 5. The molecule has 0 aliphatic heterocycles. The van der Waals surface area contributed by atoms with Crippen LogP contribution >= 0.6 is 22.7 Å². The fraction of sp³-hybridized carbons (Fsp3) is 0.160. The van der Waals surface area contributed by atoms with Gasteiger partial charge in [-0.3, -0.25) is 9.59 Å². The highest BCUT2D eigenvalue weighted by Gasteiger charge is 2.13. The number of aromatic nitrogens is 2. The van der Waals surface area contributed by atoms with Gasteiger partial charge >= 0.3 is 0 Å². The average molecular weight is 460 g/mol. The molecule has 0 spiro atoms. The van der Waals surface area contributed by atoms with Crippen molar-refractivity contribution in [3.05, 3.63) is 86.2 Å². The number of amides is 1. The maximum absolute atomic E-state index is 12.8. The van der Waals surface area contributed by atoms with Gasteiger partial charge in [0.25, 0.3) is 0 Å². The third kappa shape index (κ3) is 3.97. The lowest BCUT2D eigenvalue weighted by atomic mass is 10.1. The summed E-state index contributed by atoms with van der Waals surface area (Å²) in [5.74, 6) is -0.0733. The van der Waals surface area contributed by atoms with E-state index < -0.39 is 0 Å². The summed E-state index contributed by atoms with van der Waals surface area (Å²) in [5, 5.41) is 7.42. The fourth-order valence-electron chi connectivity index (χ4n) is 3.90. The second-order valence-electron chi connectivity index (χ2n) is 7.57. The maximum Gasteiger partial charge on any atom is 0.239 e. The van der Waals surface area contributed by atoms with Gasteiger partial charge in [0.2, 0.25) is 5.91 Å². The number of aryl methyl sites for hydroxylation is 1. The van der Waals surface area contributed by atoms with E-state index in [1.165, 1.54) is 4.88 Å². The SMILES string of the molecule is Cc1nc(-c2ccc(CCNC(=O)Cn3c4ccccc4c(=O)c4ccccc43)s2)cs1. The van der Waals surface area contributed by atoms with Crippen LogP contribution in [0.25, 0.3) is 32.4 Å². The highest BCUT2D eigenvalue weighted by Crippen LogP contribution is 2.29. The van der Waals surface area contributed by atoms with Crippen LogP contribution in [0.15, 0.2) is 70.8 Å². The molecule has 0 aliphatic carbocycles. The second kappa shape index (κ2) is 8.68. The van der Waals surface area contributed by atoms with E-state index in [0.717, 1.165) is 33.0 Å². The van der Waals surface area contributed by atoms with Gasteiger partial charge in [-0.05, 0) is 49.7 Å². The summed E-state index contributed by atoms with van der Waals surface area (Å²) in [7, 11) is 0. The topological polar surface area (TPSA) is 64.0 Å². The van der Waals surface area contributed by atoms with Crippen molar-refractivity contribution in [3.63, 3.8) is 0 Å². The van der Waals surface area contributed by atoms with E-state index in [0.29, 0.717) is 17.3 Å². The van der Waals surface area contributed by atoms with Gasteiger partial charge in [-0.15, -0.1) is 22.7 Å². The Bertz CT molecular complexity index is 1440. The second-order valence-corrected chi connectivity index (χ2v) is 9.80. The molecule has 3 heterocycles. The van der Waals surface area contributed by atoms with E-state index in [9.17, 15) is 9.59 Å². The van der Waals surface area contributed by atoms with Gasteiger partial charge in [0.15, 0.2) is 5.43 Å². The lowest BCUT2D eigenvalue weighted by Gasteiger charge is -2.15. The van der Waals surface area contributed by atoms with E-state index >= 15 is 0 Å². The summed E-state index contributed by atoms with van der Waals surface area (Å²) in [6, 6.07) is 19.1. The molecule has 1 N–H and O–H groups in total. The van der Waals surface area contributed by atoms with Crippen molar-refractivity contribution in [1.82, 2.24) is 14.9 Å². The molecule has 0 bridgehead atoms. The molecule has 0 fully saturated rings. The zero-order valence-electron chi connectivity index (χ0n) is 17.5. The summed E-state index contributed by atoms with van der Waals surface area (Å²) in [6.07, 6.45) is 0.769. The number of nitrogens with zero attached hydrogens (tertiary/aromatic N) is 2. The molecule has 0 saturated carbocycles. The number of pyridine rings is 1. The van der Waals surface area contributed by atoms with Crippen molar-refractivity contribution in [2.24, 2.45) is 0 Å². The molecule has 2 aromatic carbocycles. The van der Waals surface area contributed by atoms with Crippen molar-refractivity contribution < 1.29 is 4.79 Å². The minimum atomic E-state index is -0.0733. The predicted octanol–water partition coefficient (Wildman–Crippen LogP) is 5.01. The molecule has 32 heavy (non-hydrogen) atoms. The number of para-hydroxylation sites is 2. The summed E-state index contributed by atoms with van der Waals surface area (Å²) in [5.41, 5.74) is 2.56. The number of thiazole rings is 1. The molecule has 1 amide bonds. The lowest BCUT2D eigenvalue weighted by Crippen LogP contribution is -2.30. The zero-order chi connectivity index (χ0) is 22.1. The van der Waals surface area contributed by atoms with E-state index in [4.69, 9.17) is 0 Å². The Morgan fingerprint density at radius 3 is 2.34 bits per heavy atom. The maximum atomic E-state index is 12.8. The van der Waals surface area contributed by atoms with Crippen molar-refractivity contribution in [1.29, 1.82) is 0 Å². The van der Waals surface area contributed by atoms with Crippen LogP contribution < -0.4 is 10.7 Å². The van der Waals surface area contributed by atoms with Crippen LogP contribution in [-0.4, -0.2) is 22.0 Å². The molecule has 5 aromatic rings. The first kappa shape index (κ1) is 20.6. The quantitative estimate of drug-likeness (QED) is 0.363. The predicted molar refractivity (Wildman–Crippen MR) is 133 cm³/mol. The van der Waals surface area contributed by atoms with Gasteiger partial charge in [-0.2, -0.15) is 0 Å². The number of benzene rings is 2. The van der Waals surface area contributed by atoms with Gasteiger partial charge in [0, 0.05) is 27.6 Å². The van der Waals surface area contributed by atoms with Crippen molar-refractivity contribution >= 4 is 50.4 Å². The molecule has 0 radical (unpaired) electrons. The minimum absolute atomic E-state index is 0.00309. The third-order valence-corrected chi connectivity index (χ3v) is 7.35. The van der Waals surface area contributed by atoms with Crippen LogP contribution in [0, 0.1) is 6.92 Å². The highest BCUT2D eigenvalue weighted by molar-refractivity contribution is 7.16. The molecule has 0 saturated heterocycles. The summed E-state index contributed by atoms with van der Waals surface area (Å²) < 4.78 is 1.93. The standard InChI is InChI=1S/C25H21N3O2S2/c1-16-27-20(15-31-16)23-11-10-17(32-23)12-13-26-24(29)14-28-21-8-4-2-6-18(21)25(30)19-7-3-5-9-22(19)28/h2-11,15H,12-14H2,1H3,(H,26,29). The molecule has 5 rings (SSSR count). The fourth-order valence-corrected chi connectivity index (χ4v) is 5.55. The van der Waals surface area contributed by atoms with E-state index in [1.54, 1.807) is 22.7 Å². The summed E-state index contributed by atoms with van der Waals surface area (Å²) in [4.78, 5) is 32.5. The van der Waals surface area contributed by atoms with Crippen LogP contribution in [0.5, 0.6) is 0 Å². The number of nitrogens with one attached hydrogen (secondary N) is 1. The minimum Gasteiger partial charge on any atom is -0.354 e. The highest BCUT2D eigenvalue weighted by atomic mass is 32.1. The van der Waals surface area contributed by atoms with Crippen molar-refractivity contribution in [3.8, 4) is 10.6 Å². The monoisotopic (exact) mass is 459 g/mol. The Kier molecular flexibility index (Phi) is 5.59. The number of carbonyl (C=O) groups is 1. The normalized spacial score (nSPS) is 11.3. The van der Waals surface area contributed by atoms with E-state index in [2.05, 4.69) is 27.8 Å². The van der Waals surface area contributed by atoms with Gasteiger partial charge in [0.1, 0.15) is 6.54 Å². The molecule has 7 heteroatoms. The van der Waals surface area contributed by atoms with E-state index in [1.807, 2.05) is 60.0 Å². The number of thiophene rings is 1. The third-order valence-electron chi connectivity index (χ3n) is 5.41. The molecular weight excluding hydrogens is 438 g/mol. The molecule has 0 aliphatic rings. The van der Waals surface area contributed by atoms with Crippen LogP contribution in [0.2, 0.25) is 0 Å². The summed E-state index contributed by atoms with van der Waals surface area (Å²) >= 11 is 3.36. The zero-order valence-corrected chi connectivity index (χ0v) is 19.1. The van der Waals surface area contributed by atoms with Gasteiger partial charge in [-0.1, -0.05) is 24.3 Å². The smallest absolute Gasteiger partial charge is 0.239 e. The first-order valence-electron chi connectivity index (χ1n) is 10.4. The molecule has 3 aromatic heterocycles. The lowest BCUT2D eigenvalue weighted by molar-refractivity contribution is -0.121. The van der Waals surface area contributed by atoms with Crippen molar-refractivity contribution in [2.75, 3.05) is 6.54 Å². The Hall–Kier alpha value is -3.29. The van der Waals surface area contributed by atoms with Crippen LogP contribution in [-0.2, 0) is 17.8 Å². The molecule has 0 unspecified atom stereocenters. The van der Waals surface area contributed by atoms with Gasteiger partial charge in [0.05, 0.1) is 26.6 Å². The first-order chi connectivity index (χ1) is 15.6. The van der Waals surface area contributed by atoms with Crippen LogP contribution in [0.3, 0.4) is 0 Å². The van der Waals surface area contributed by atoms with Gasteiger partial charge in [-0.25, -0.2) is 4.98 Å². The number of hydrogen-bond donors (Lipinski definition) is 1. The van der Waals surface area contributed by atoms with E-state index in [-0.39, 0.29) is 17.9 Å². The van der Waals surface area contributed by atoms with Gasteiger partial charge < -0.3 is 9.88 Å². The molecule has 5 nitrogen and oxygen atoms in total. The first-order valence-corrected chi connectivity index (χ1v) is 12.1. The van der Waals surface area contributed by atoms with Crippen molar-refractivity contribution in [2.45, 2.75) is 19.9 Å². The Morgan fingerprint density at radius 2 is 1.69 bits per heavy atom. The number of rotatable bonds is 6. The Morgan fingerprint density at radius 1 is 1.00 bits per heavy atom.